The van der Waals surface area contributed by atoms with E-state index in [0.717, 1.165) is 78.2 Å². The summed E-state index contributed by atoms with van der Waals surface area (Å²) in [5.74, 6) is 0.837. The maximum Gasteiger partial charge on any atom is 0.191 e. The van der Waals surface area contributed by atoms with E-state index < -0.39 is 0 Å². The normalized spacial score (nSPS) is 19.9. The SMILES string of the molecule is CN=C(NCc1ccc(CN2CCOCC2)cc1)NCC(C)(C)N1CCOCC1. The minimum atomic E-state index is 0.0581. The molecule has 7 nitrogen and oxygen atoms in total. The second kappa shape index (κ2) is 10.9. The molecule has 0 unspecified atom stereocenters. The van der Waals surface area contributed by atoms with Crippen molar-refractivity contribution in [2.75, 3.05) is 66.2 Å². The van der Waals surface area contributed by atoms with Crippen LogP contribution in [0.15, 0.2) is 29.3 Å². The van der Waals surface area contributed by atoms with E-state index in [9.17, 15) is 0 Å². The number of ether oxygens (including phenoxy) is 2. The highest BCUT2D eigenvalue weighted by Gasteiger charge is 2.28. The Morgan fingerprint density at radius 2 is 1.52 bits per heavy atom. The molecule has 162 valence electrons. The first-order chi connectivity index (χ1) is 14.1. The summed E-state index contributed by atoms with van der Waals surface area (Å²) in [7, 11) is 1.82. The largest absolute Gasteiger partial charge is 0.379 e. The van der Waals surface area contributed by atoms with Gasteiger partial charge in [0.1, 0.15) is 0 Å². The van der Waals surface area contributed by atoms with Crippen molar-refractivity contribution in [3.8, 4) is 0 Å². The second-order valence-electron chi connectivity index (χ2n) is 8.40. The van der Waals surface area contributed by atoms with E-state index in [2.05, 4.69) is 63.5 Å². The molecule has 3 rings (SSSR count). The number of benzene rings is 1. The number of rotatable bonds is 7. The summed E-state index contributed by atoms with van der Waals surface area (Å²) in [6.07, 6.45) is 0. The Hall–Kier alpha value is -1.67. The van der Waals surface area contributed by atoms with E-state index in [1.807, 2.05) is 7.05 Å². The van der Waals surface area contributed by atoms with Crippen LogP contribution >= 0.6 is 0 Å². The van der Waals surface area contributed by atoms with Gasteiger partial charge in [0.2, 0.25) is 0 Å². The molecular formula is C22H37N5O2. The molecule has 0 atom stereocenters. The van der Waals surface area contributed by atoms with Crippen LogP contribution in [0.2, 0.25) is 0 Å². The smallest absolute Gasteiger partial charge is 0.191 e. The fraction of sp³-hybridized carbons (Fsp3) is 0.682. The summed E-state index contributed by atoms with van der Waals surface area (Å²) < 4.78 is 10.9. The molecule has 1 aromatic carbocycles. The van der Waals surface area contributed by atoms with Gasteiger partial charge in [0.05, 0.1) is 26.4 Å². The maximum atomic E-state index is 5.47. The third-order valence-electron chi connectivity index (χ3n) is 5.77. The maximum absolute atomic E-state index is 5.47. The molecule has 2 aliphatic rings. The van der Waals surface area contributed by atoms with Gasteiger partial charge in [-0.15, -0.1) is 0 Å². The zero-order valence-corrected chi connectivity index (χ0v) is 18.2. The molecule has 0 aliphatic carbocycles. The van der Waals surface area contributed by atoms with Crippen LogP contribution in [-0.4, -0.2) is 87.5 Å². The molecule has 2 saturated heterocycles. The number of hydrogen-bond acceptors (Lipinski definition) is 5. The third-order valence-corrected chi connectivity index (χ3v) is 5.77. The predicted molar refractivity (Wildman–Crippen MR) is 117 cm³/mol. The number of guanidine groups is 1. The quantitative estimate of drug-likeness (QED) is 0.529. The average Bonchev–Trinajstić information content (AvgIpc) is 2.76. The zero-order chi connectivity index (χ0) is 20.5. The van der Waals surface area contributed by atoms with Gasteiger partial charge in [0, 0.05) is 58.4 Å². The van der Waals surface area contributed by atoms with Crippen LogP contribution in [0.3, 0.4) is 0 Å². The van der Waals surface area contributed by atoms with Gasteiger partial charge >= 0.3 is 0 Å². The molecule has 0 bridgehead atoms. The van der Waals surface area contributed by atoms with Gasteiger partial charge < -0.3 is 20.1 Å². The van der Waals surface area contributed by atoms with Crippen LogP contribution in [0.5, 0.6) is 0 Å². The molecule has 0 amide bonds. The standard InChI is InChI=1S/C22H37N5O2/c1-22(2,27-10-14-29-15-11-27)18-25-21(23-3)24-16-19-4-6-20(7-5-19)17-26-8-12-28-13-9-26/h4-7H,8-18H2,1-3H3,(H2,23,24,25). The third kappa shape index (κ3) is 6.96. The van der Waals surface area contributed by atoms with Gasteiger partial charge in [-0.1, -0.05) is 24.3 Å². The van der Waals surface area contributed by atoms with E-state index in [-0.39, 0.29) is 5.54 Å². The van der Waals surface area contributed by atoms with Gasteiger partial charge in [0.25, 0.3) is 0 Å². The summed E-state index contributed by atoms with van der Waals surface area (Å²) in [5, 5.41) is 6.91. The molecule has 7 heteroatoms. The summed E-state index contributed by atoms with van der Waals surface area (Å²) in [6.45, 7) is 14.5. The molecule has 2 fully saturated rings. The van der Waals surface area contributed by atoms with Gasteiger partial charge in [-0.3, -0.25) is 14.8 Å². The Morgan fingerprint density at radius 3 is 2.14 bits per heavy atom. The molecule has 0 radical (unpaired) electrons. The average molecular weight is 404 g/mol. The number of aliphatic imine (C=N–C) groups is 1. The van der Waals surface area contributed by atoms with E-state index in [0.29, 0.717) is 0 Å². The van der Waals surface area contributed by atoms with Gasteiger partial charge in [-0.25, -0.2) is 0 Å². The molecular weight excluding hydrogens is 366 g/mol. The van der Waals surface area contributed by atoms with Crippen LogP contribution in [0.25, 0.3) is 0 Å². The topological polar surface area (TPSA) is 61.4 Å². The van der Waals surface area contributed by atoms with Crippen LogP contribution in [0.4, 0.5) is 0 Å². The van der Waals surface area contributed by atoms with Gasteiger partial charge in [-0.05, 0) is 25.0 Å². The van der Waals surface area contributed by atoms with Crippen molar-refractivity contribution in [3.63, 3.8) is 0 Å². The highest BCUT2D eigenvalue weighted by Crippen LogP contribution is 2.15. The van der Waals surface area contributed by atoms with Crippen molar-refractivity contribution in [1.82, 2.24) is 20.4 Å². The first kappa shape index (κ1) is 22.0. The molecule has 0 aromatic heterocycles. The Labute approximate surface area is 175 Å². The highest BCUT2D eigenvalue weighted by atomic mass is 16.5. The van der Waals surface area contributed by atoms with Gasteiger partial charge in [-0.2, -0.15) is 0 Å². The summed E-state index contributed by atoms with van der Waals surface area (Å²) in [4.78, 5) is 9.30. The minimum Gasteiger partial charge on any atom is -0.379 e. The lowest BCUT2D eigenvalue weighted by Crippen LogP contribution is -2.56. The number of hydrogen-bond donors (Lipinski definition) is 2. The summed E-state index contributed by atoms with van der Waals surface area (Å²) >= 11 is 0. The fourth-order valence-electron chi connectivity index (χ4n) is 3.77. The molecule has 0 saturated carbocycles. The lowest BCUT2D eigenvalue weighted by Gasteiger charge is -2.41. The fourth-order valence-corrected chi connectivity index (χ4v) is 3.77. The van der Waals surface area contributed by atoms with Crippen molar-refractivity contribution < 1.29 is 9.47 Å². The Kier molecular flexibility index (Phi) is 8.29. The van der Waals surface area contributed by atoms with E-state index in [1.54, 1.807) is 0 Å². The number of nitrogens with zero attached hydrogens (tertiary/aromatic N) is 3. The lowest BCUT2D eigenvalue weighted by molar-refractivity contribution is -0.00834. The minimum absolute atomic E-state index is 0.0581. The molecule has 2 N–H and O–H groups in total. The molecule has 2 heterocycles. The Balaban J connectivity index is 1.42. The predicted octanol–water partition coefficient (Wildman–Crippen LogP) is 1.29. The van der Waals surface area contributed by atoms with E-state index in [1.165, 1.54) is 11.1 Å². The molecule has 1 aromatic rings. The zero-order valence-electron chi connectivity index (χ0n) is 18.2. The van der Waals surface area contributed by atoms with Crippen LogP contribution in [0, 0.1) is 0 Å². The van der Waals surface area contributed by atoms with Crippen molar-refractivity contribution in [3.05, 3.63) is 35.4 Å². The van der Waals surface area contributed by atoms with E-state index >= 15 is 0 Å². The molecule has 29 heavy (non-hydrogen) atoms. The van der Waals surface area contributed by atoms with Gasteiger partial charge in [0.15, 0.2) is 5.96 Å². The van der Waals surface area contributed by atoms with Crippen molar-refractivity contribution >= 4 is 5.96 Å². The number of nitrogens with one attached hydrogen (secondary N) is 2. The monoisotopic (exact) mass is 403 g/mol. The molecule has 0 spiro atoms. The second-order valence-corrected chi connectivity index (χ2v) is 8.40. The first-order valence-electron chi connectivity index (χ1n) is 10.7. The van der Waals surface area contributed by atoms with Crippen LogP contribution in [-0.2, 0) is 22.6 Å². The Morgan fingerprint density at radius 1 is 0.931 bits per heavy atom. The first-order valence-corrected chi connectivity index (χ1v) is 10.7. The number of morpholine rings is 2. The lowest BCUT2D eigenvalue weighted by atomic mass is 10.0. The van der Waals surface area contributed by atoms with Crippen LogP contribution in [0.1, 0.15) is 25.0 Å². The summed E-state index contributed by atoms with van der Waals surface area (Å²) in [5.41, 5.74) is 2.67. The van der Waals surface area contributed by atoms with Crippen molar-refractivity contribution in [1.29, 1.82) is 0 Å². The van der Waals surface area contributed by atoms with Crippen molar-refractivity contribution in [2.45, 2.75) is 32.5 Å². The van der Waals surface area contributed by atoms with E-state index in [4.69, 9.17) is 9.47 Å². The highest BCUT2D eigenvalue weighted by molar-refractivity contribution is 5.79. The molecule has 2 aliphatic heterocycles. The Bertz CT molecular complexity index is 635. The van der Waals surface area contributed by atoms with Crippen molar-refractivity contribution in [2.24, 2.45) is 4.99 Å². The van der Waals surface area contributed by atoms with Crippen LogP contribution < -0.4 is 10.6 Å². The summed E-state index contributed by atoms with van der Waals surface area (Å²) in [6, 6.07) is 8.86.